The smallest absolute Gasteiger partial charge is 0.176 e. The van der Waals surface area contributed by atoms with Gasteiger partial charge in [0.1, 0.15) is 6.61 Å². The Morgan fingerprint density at radius 1 is 1.17 bits per heavy atom. The lowest BCUT2D eigenvalue weighted by atomic mass is 10.1. The molecule has 1 aliphatic rings. The van der Waals surface area contributed by atoms with Gasteiger partial charge in [0.2, 0.25) is 0 Å². The van der Waals surface area contributed by atoms with Gasteiger partial charge in [-0.15, -0.1) is 0 Å². The topological polar surface area (TPSA) is 113 Å². The maximum Gasteiger partial charge on any atom is 0.176 e. The minimum atomic E-state index is -0.358. The van der Waals surface area contributed by atoms with Crippen LogP contribution in [0.15, 0.2) is 30.5 Å². The zero-order chi connectivity index (χ0) is 24.0. The third kappa shape index (κ3) is 5.44. The van der Waals surface area contributed by atoms with Gasteiger partial charge in [-0.05, 0) is 18.9 Å². The molecule has 0 amide bonds. The molecule has 0 bridgehead atoms. The molecule has 0 saturated carbocycles. The summed E-state index contributed by atoms with van der Waals surface area (Å²) >= 11 is 1.58. The van der Waals surface area contributed by atoms with Crippen molar-refractivity contribution in [1.82, 2.24) is 20.2 Å². The number of Topliss-reactive ketones (excluding diaryl/α,β-unsaturated/α-hetero) is 1. The van der Waals surface area contributed by atoms with Crippen molar-refractivity contribution in [2.24, 2.45) is 0 Å². The molecule has 1 aliphatic heterocycles. The van der Waals surface area contributed by atoms with Crippen LogP contribution in [0.4, 0.5) is 5.82 Å². The summed E-state index contributed by atoms with van der Waals surface area (Å²) in [4.78, 5) is 23.4. The lowest BCUT2D eigenvalue weighted by Gasteiger charge is -2.28. The molecule has 0 atom stereocenters. The van der Waals surface area contributed by atoms with E-state index in [1.807, 2.05) is 30.5 Å². The van der Waals surface area contributed by atoms with Gasteiger partial charge in [0.05, 0.1) is 41.8 Å². The Balaban J connectivity index is 1.35. The van der Waals surface area contributed by atoms with E-state index in [1.165, 1.54) is 0 Å². The fraction of sp³-hybridized carbons (Fsp3) is 0.440. The number of carbonyl (C=O) groups excluding carboxylic acids is 1. The number of aliphatic hydroxyl groups excluding tert-OH is 1. The summed E-state index contributed by atoms with van der Waals surface area (Å²) in [6.45, 7) is 3.18. The highest BCUT2D eigenvalue weighted by Crippen LogP contribution is 2.39. The quantitative estimate of drug-likeness (QED) is 0.301. The van der Waals surface area contributed by atoms with E-state index in [0.717, 1.165) is 76.3 Å². The summed E-state index contributed by atoms with van der Waals surface area (Å²) in [6.07, 6.45) is 5.93. The second kappa shape index (κ2) is 11.1. The highest BCUT2D eigenvalue weighted by atomic mass is 32.1. The van der Waals surface area contributed by atoms with Crippen molar-refractivity contribution in [3.8, 4) is 16.5 Å². The highest BCUT2D eigenvalue weighted by Gasteiger charge is 2.21. The number of H-pyrrole nitrogens is 1. The number of morpholine rings is 1. The SMILES string of the molecule is O=C(CO)CCCCCCOc1cc2nc(-c3cccc4[nH]ncc34)nc(N3CCOCC3)c2s1. The van der Waals surface area contributed by atoms with Crippen molar-refractivity contribution in [2.45, 2.75) is 32.1 Å². The summed E-state index contributed by atoms with van der Waals surface area (Å²) in [7, 11) is 0. The Morgan fingerprint density at radius 3 is 2.89 bits per heavy atom. The predicted octanol–water partition coefficient (Wildman–Crippen LogP) is 3.96. The monoisotopic (exact) mass is 495 g/mol. The largest absolute Gasteiger partial charge is 0.484 e. The number of nitrogens with one attached hydrogen (secondary N) is 1. The van der Waals surface area contributed by atoms with Gasteiger partial charge in [-0.2, -0.15) is 5.10 Å². The van der Waals surface area contributed by atoms with Crippen LogP contribution in [0.2, 0.25) is 0 Å². The number of nitrogens with zero attached hydrogens (tertiary/aromatic N) is 4. The summed E-state index contributed by atoms with van der Waals surface area (Å²) in [5, 5.41) is 17.8. The van der Waals surface area contributed by atoms with Crippen LogP contribution >= 0.6 is 11.3 Å². The van der Waals surface area contributed by atoms with E-state index >= 15 is 0 Å². The van der Waals surface area contributed by atoms with Crippen LogP contribution in [0.3, 0.4) is 0 Å². The number of ketones is 1. The van der Waals surface area contributed by atoms with E-state index in [2.05, 4.69) is 15.1 Å². The third-order valence-corrected chi connectivity index (χ3v) is 7.17. The Hall–Kier alpha value is -3.08. The molecule has 1 fully saturated rings. The first kappa shape index (κ1) is 23.7. The molecule has 0 aliphatic carbocycles. The number of hydrogen-bond donors (Lipinski definition) is 2. The lowest BCUT2D eigenvalue weighted by molar-refractivity contribution is -0.121. The molecule has 2 N–H and O–H groups in total. The van der Waals surface area contributed by atoms with Crippen LogP contribution in [0.25, 0.3) is 32.5 Å². The first-order valence-corrected chi connectivity index (χ1v) is 12.9. The molecule has 35 heavy (non-hydrogen) atoms. The van der Waals surface area contributed by atoms with Crippen LogP contribution in [-0.2, 0) is 9.53 Å². The fourth-order valence-electron chi connectivity index (χ4n) is 4.27. The number of anilines is 1. The third-order valence-electron chi connectivity index (χ3n) is 6.14. The molecular weight excluding hydrogens is 466 g/mol. The Kier molecular flexibility index (Phi) is 7.51. The summed E-state index contributed by atoms with van der Waals surface area (Å²) in [5.41, 5.74) is 2.77. The molecule has 0 unspecified atom stereocenters. The molecule has 10 heteroatoms. The number of rotatable bonds is 11. The number of fused-ring (bicyclic) bond motifs is 2. The molecule has 184 valence electrons. The number of aromatic nitrogens is 4. The molecule has 3 aromatic heterocycles. The van der Waals surface area contributed by atoms with E-state index in [9.17, 15) is 4.79 Å². The molecule has 4 heterocycles. The van der Waals surface area contributed by atoms with Crippen molar-refractivity contribution in [2.75, 3.05) is 44.4 Å². The van der Waals surface area contributed by atoms with Crippen molar-refractivity contribution in [1.29, 1.82) is 0 Å². The summed E-state index contributed by atoms with van der Waals surface area (Å²) in [6, 6.07) is 8.01. The standard InChI is InChI=1S/C25H29N5O4S/c31-16-17(32)6-3-1-2-4-11-34-22-14-21-23(35-22)25(30-9-12-33-13-10-30)28-24(27-21)18-7-5-8-20-19(18)15-26-29-20/h5,7-8,14-15,31H,1-4,6,9-13,16H2,(H,26,29). The van der Waals surface area contributed by atoms with E-state index in [1.54, 1.807) is 11.3 Å². The Labute approximate surface area is 207 Å². The first-order valence-electron chi connectivity index (χ1n) is 12.0. The van der Waals surface area contributed by atoms with Crippen LogP contribution in [0.1, 0.15) is 32.1 Å². The van der Waals surface area contributed by atoms with Gasteiger partial charge in [-0.3, -0.25) is 9.89 Å². The molecular formula is C25H29N5O4S. The normalized spacial score (nSPS) is 14.1. The van der Waals surface area contributed by atoms with Crippen LogP contribution in [0.5, 0.6) is 5.06 Å². The van der Waals surface area contributed by atoms with Crippen molar-refractivity contribution >= 4 is 44.1 Å². The summed E-state index contributed by atoms with van der Waals surface area (Å²) < 4.78 is 12.7. The van der Waals surface area contributed by atoms with Crippen LogP contribution < -0.4 is 9.64 Å². The average molecular weight is 496 g/mol. The first-order chi connectivity index (χ1) is 17.2. The summed E-state index contributed by atoms with van der Waals surface area (Å²) in [5.74, 6) is 1.50. The van der Waals surface area contributed by atoms with E-state index < -0.39 is 0 Å². The van der Waals surface area contributed by atoms with Crippen molar-refractivity contribution in [3.63, 3.8) is 0 Å². The molecule has 0 radical (unpaired) electrons. The van der Waals surface area contributed by atoms with E-state index in [4.69, 9.17) is 24.5 Å². The zero-order valence-electron chi connectivity index (χ0n) is 19.5. The molecule has 1 aromatic carbocycles. The van der Waals surface area contributed by atoms with E-state index in [0.29, 0.717) is 32.1 Å². The fourth-order valence-corrected chi connectivity index (χ4v) is 5.26. The predicted molar refractivity (Wildman–Crippen MR) is 136 cm³/mol. The van der Waals surface area contributed by atoms with E-state index in [-0.39, 0.29) is 12.4 Å². The number of ether oxygens (including phenoxy) is 2. The van der Waals surface area contributed by atoms with Gasteiger partial charge in [-0.25, -0.2) is 9.97 Å². The van der Waals surface area contributed by atoms with Crippen LogP contribution in [0, 0.1) is 0 Å². The second-order valence-electron chi connectivity index (χ2n) is 8.60. The number of thiophene rings is 1. The van der Waals surface area contributed by atoms with Gasteiger partial charge < -0.3 is 19.5 Å². The maximum absolute atomic E-state index is 11.2. The Morgan fingerprint density at radius 2 is 2.03 bits per heavy atom. The van der Waals surface area contributed by atoms with Crippen molar-refractivity contribution < 1.29 is 19.4 Å². The van der Waals surface area contributed by atoms with Gasteiger partial charge in [0, 0.05) is 36.5 Å². The molecule has 9 nitrogen and oxygen atoms in total. The average Bonchev–Trinajstić information content (AvgIpc) is 3.54. The highest BCUT2D eigenvalue weighted by molar-refractivity contribution is 7.21. The number of hydrogen-bond acceptors (Lipinski definition) is 9. The minimum absolute atomic E-state index is 0.0907. The minimum Gasteiger partial charge on any atom is -0.484 e. The van der Waals surface area contributed by atoms with Crippen LogP contribution in [-0.4, -0.2) is 70.6 Å². The number of aromatic amines is 1. The zero-order valence-corrected chi connectivity index (χ0v) is 20.4. The molecule has 5 rings (SSSR count). The maximum atomic E-state index is 11.2. The number of benzene rings is 1. The lowest BCUT2D eigenvalue weighted by Crippen LogP contribution is -2.36. The van der Waals surface area contributed by atoms with Gasteiger partial charge in [-0.1, -0.05) is 36.3 Å². The van der Waals surface area contributed by atoms with Gasteiger partial charge in [0.15, 0.2) is 22.5 Å². The van der Waals surface area contributed by atoms with Crippen molar-refractivity contribution in [3.05, 3.63) is 30.5 Å². The van der Waals surface area contributed by atoms with Gasteiger partial charge in [0.25, 0.3) is 0 Å². The number of carbonyl (C=O) groups is 1. The van der Waals surface area contributed by atoms with Gasteiger partial charge >= 0.3 is 0 Å². The second-order valence-corrected chi connectivity index (χ2v) is 9.61. The molecule has 1 saturated heterocycles. The molecule has 0 spiro atoms. The number of unbranched alkanes of at least 4 members (excludes halogenated alkanes) is 3. The molecule has 4 aromatic rings. The number of aliphatic hydroxyl groups is 1. The Bertz CT molecular complexity index is 1300.